The second-order valence-corrected chi connectivity index (χ2v) is 7.74. The molecule has 0 saturated heterocycles. The third-order valence-electron chi connectivity index (χ3n) is 4.86. The maximum absolute atomic E-state index is 12.8. The maximum atomic E-state index is 12.8. The lowest BCUT2D eigenvalue weighted by Gasteiger charge is -2.28. The molecule has 144 valence electrons. The van der Waals surface area contributed by atoms with Crippen LogP contribution in [0.15, 0.2) is 58.1 Å². The highest BCUT2D eigenvalue weighted by molar-refractivity contribution is 9.10. The van der Waals surface area contributed by atoms with Crippen LogP contribution in [0.4, 0.5) is 0 Å². The van der Waals surface area contributed by atoms with Crippen molar-refractivity contribution >= 4 is 33.5 Å². The van der Waals surface area contributed by atoms with Gasteiger partial charge in [-0.3, -0.25) is 9.59 Å². The van der Waals surface area contributed by atoms with Crippen molar-refractivity contribution in [2.24, 2.45) is 5.10 Å². The van der Waals surface area contributed by atoms with Gasteiger partial charge >= 0.3 is 0 Å². The van der Waals surface area contributed by atoms with E-state index in [4.69, 9.17) is 4.74 Å². The summed E-state index contributed by atoms with van der Waals surface area (Å²) in [6.45, 7) is 0.911. The molecule has 4 rings (SSSR count). The van der Waals surface area contributed by atoms with E-state index < -0.39 is 0 Å². The number of nitrogens with one attached hydrogen (secondary N) is 1. The smallest absolute Gasteiger partial charge is 0.267 e. The zero-order chi connectivity index (χ0) is 19.5. The summed E-state index contributed by atoms with van der Waals surface area (Å²) in [5.41, 5.74) is 2.31. The van der Waals surface area contributed by atoms with Crippen LogP contribution in [0.1, 0.15) is 36.4 Å². The first-order valence-electron chi connectivity index (χ1n) is 9.25. The van der Waals surface area contributed by atoms with Gasteiger partial charge in [0.1, 0.15) is 11.5 Å². The zero-order valence-corrected chi connectivity index (χ0v) is 16.8. The number of amides is 2. The van der Waals surface area contributed by atoms with Crippen molar-refractivity contribution < 1.29 is 14.3 Å². The molecule has 28 heavy (non-hydrogen) atoms. The van der Waals surface area contributed by atoms with E-state index in [1.807, 2.05) is 48.5 Å². The molecule has 2 amide bonds. The Balaban J connectivity index is 1.50. The Kier molecular flexibility index (Phi) is 5.43. The maximum Gasteiger partial charge on any atom is 0.267 e. The molecule has 6 nitrogen and oxygen atoms in total. The minimum absolute atomic E-state index is 0.0688. The van der Waals surface area contributed by atoms with Crippen molar-refractivity contribution in [2.75, 3.05) is 6.61 Å². The van der Waals surface area contributed by atoms with E-state index in [1.165, 1.54) is 5.01 Å². The van der Waals surface area contributed by atoms with E-state index >= 15 is 0 Å². The fourth-order valence-electron chi connectivity index (χ4n) is 3.40. The van der Waals surface area contributed by atoms with Crippen LogP contribution in [0, 0.1) is 0 Å². The lowest BCUT2D eigenvalue weighted by atomic mass is 10.00. The second-order valence-electron chi connectivity index (χ2n) is 6.83. The first-order valence-corrected chi connectivity index (χ1v) is 10.0. The van der Waals surface area contributed by atoms with Gasteiger partial charge in [-0.1, -0.05) is 46.3 Å². The number of hydrogen-bond acceptors (Lipinski definition) is 4. The van der Waals surface area contributed by atoms with Gasteiger partial charge in [-0.2, -0.15) is 5.10 Å². The Bertz CT molecular complexity index is 930. The van der Waals surface area contributed by atoms with Gasteiger partial charge in [0.05, 0.1) is 19.2 Å². The molecule has 1 unspecified atom stereocenters. The standard InChI is InChI=1S/C21H20BrN3O3/c22-15-6-8-19-16(12-15)17(10-11-28-19)23-21(27)18-7-9-20(26)25(24-18)13-14-4-2-1-3-5-14/h1-6,8,12,17H,7,9-11,13H2,(H,23,27). The Hall–Kier alpha value is -2.67. The molecule has 0 aromatic heterocycles. The SMILES string of the molecule is O=C(NC1CCOc2ccc(Br)cc21)C1=NN(Cc2ccccc2)C(=O)CC1. The molecule has 2 heterocycles. The van der Waals surface area contributed by atoms with Crippen molar-refractivity contribution in [1.82, 2.24) is 10.3 Å². The number of benzene rings is 2. The minimum atomic E-state index is -0.233. The van der Waals surface area contributed by atoms with Crippen LogP contribution in [-0.2, 0) is 16.1 Å². The predicted molar refractivity (Wildman–Crippen MR) is 109 cm³/mol. The summed E-state index contributed by atoms with van der Waals surface area (Å²) >= 11 is 3.47. The van der Waals surface area contributed by atoms with Crippen LogP contribution in [0.25, 0.3) is 0 Å². The summed E-state index contributed by atoms with van der Waals surface area (Å²) in [4.78, 5) is 25.1. The fourth-order valence-corrected chi connectivity index (χ4v) is 3.78. The van der Waals surface area contributed by atoms with Gasteiger partial charge in [0.25, 0.3) is 5.91 Å². The first-order chi connectivity index (χ1) is 13.6. The first kappa shape index (κ1) is 18.7. The van der Waals surface area contributed by atoms with Crippen molar-refractivity contribution in [3.8, 4) is 5.75 Å². The monoisotopic (exact) mass is 441 g/mol. The number of fused-ring (bicyclic) bond motifs is 1. The summed E-state index contributed by atoms with van der Waals surface area (Å²) in [5.74, 6) is 0.482. The molecule has 1 N–H and O–H groups in total. The largest absolute Gasteiger partial charge is 0.493 e. The molecule has 2 aliphatic heterocycles. The zero-order valence-electron chi connectivity index (χ0n) is 15.2. The van der Waals surface area contributed by atoms with Gasteiger partial charge in [0, 0.05) is 29.3 Å². The van der Waals surface area contributed by atoms with Gasteiger partial charge in [-0.05, 0) is 23.8 Å². The highest BCUT2D eigenvalue weighted by Gasteiger charge is 2.28. The minimum Gasteiger partial charge on any atom is -0.493 e. The van der Waals surface area contributed by atoms with Gasteiger partial charge < -0.3 is 10.1 Å². The summed E-state index contributed by atoms with van der Waals surface area (Å²) in [5, 5.41) is 8.80. The van der Waals surface area contributed by atoms with Crippen LogP contribution < -0.4 is 10.1 Å². The molecule has 0 spiro atoms. The van der Waals surface area contributed by atoms with Gasteiger partial charge in [-0.25, -0.2) is 5.01 Å². The summed E-state index contributed by atoms with van der Waals surface area (Å²) in [7, 11) is 0. The molecular formula is C21H20BrN3O3. The molecule has 0 radical (unpaired) electrons. The number of ether oxygens (including phenoxy) is 1. The summed E-state index contributed by atoms with van der Waals surface area (Å²) in [6.07, 6.45) is 1.33. The topological polar surface area (TPSA) is 71.0 Å². The van der Waals surface area contributed by atoms with E-state index in [0.29, 0.717) is 31.7 Å². The lowest BCUT2D eigenvalue weighted by Crippen LogP contribution is -2.41. The molecule has 2 aliphatic rings. The van der Waals surface area contributed by atoms with Crippen molar-refractivity contribution in [3.63, 3.8) is 0 Å². The molecule has 0 aliphatic carbocycles. The number of hydrogen-bond donors (Lipinski definition) is 1. The fraction of sp³-hybridized carbons (Fsp3) is 0.286. The number of rotatable bonds is 4. The van der Waals surface area contributed by atoms with Gasteiger partial charge in [0.2, 0.25) is 5.91 Å². The number of hydrazone groups is 1. The average molecular weight is 442 g/mol. The van der Waals surface area contributed by atoms with Crippen LogP contribution in [0.5, 0.6) is 5.75 Å². The molecule has 7 heteroatoms. The number of carbonyl (C=O) groups excluding carboxylic acids is 2. The van der Waals surface area contributed by atoms with Crippen LogP contribution in [-0.4, -0.2) is 29.1 Å². The van der Waals surface area contributed by atoms with Gasteiger partial charge in [0.15, 0.2) is 0 Å². The second kappa shape index (κ2) is 8.14. The highest BCUT2D eigenvalue weighted by atomic mass is 79.9. The molecule has 2 aromatic carbocycles. The third kappa shape index (κ3) is 4.09. The van der Waals surface area contributed by atoms with Crippen LogP contribution in [0.3, 0.4) is 0 Å². The van der Waals surface area contributed by atoms with Crippen molar-refractivity contribution in [2.45, 2.75) is 31.8 Å². The van der Waals surface area contributed by atoms with E-state index in [1.54, 1.807) is 0 Å². The number of carbonyl (C=O) groups is 2. The van der Waals surface area contributed by atoms with Crippen LogP contribution in [0.2, 0.25) is 0 Å². The predicted octanol–water partition coefficient (Wildman–Crippen LogP) is 3.57. The quantitative estimate of drug-likeness (QED) is 0.787. The average Bonchev–Trinajstić information content (AvgIpc) is 2.71. The third-order valence-corrected chi connectivity index (χ3v) is 5.35. The Morgan fingerprint density at radius 1 is 1.21 bits per heavy atom. The molecule has 0 fully saturated rings. The molecule has 0 bridgehead atoms. The van der Waals surface area contributed by atoms with Gasteiger partial charge in [-0.15, -0.1) is 0 Å². The number of nitrogens with zero attached hydrogens (tertiary/aromatic N) is 2. The Labute approximate surface area is 171 Å². The van der Waals surface area contributed by atoms with E-state index in [0.717, 1.165) is 21.3 Å². The van der Waals surface area contributed by atoms with E-state index in [-0.39, 0.29) is 24.3 Å². The molecular weight excluding hydrogens is 422 g/mol. The van der Waals surface area contributed by atoms with Crippen LogP contribution >= 0.6 is 15.9 Å². The van der Waals surface area contributed by atoms with Crippen molar-refractivity contribution in [1.29, 1.82) is 0 Å². The Morgan fingerprint density at radius 2 is 2.04 bits per heavy atom. The Morgan fingerprint density at radius 3 is 2.86 bits per heavy atom. The number of halogens is 1. The summed E-state index contributed by atoms with van der Waals surface area (Å²) < 4.78 is 6.61. The normalized spacial score (nSPS) is 18.8. The molecule has 1 atom stereocenters. The van der Waals surface area contributed by atoms with E-state index in [2.05, 4.69) is 26.3 Å². The lowest BCUT2D eigenvalue weighted by molar-refractivity contribution is -0.132. The summed E-state index contributed by atoms with van der Waals surface area (Å²) in [6, 6.07) is 15.3. The highest BCUT2D eigenvalue weighted by Crippen LogP contribution is 2.34. The molecule has 2 aromatic rings. The molecule has 0 saturated carbocycles. The van der Waals surface area contributed by atoms with Crippen molar-refractivity contribution in [3.05, 3.63) is 64.1 Å². The van der Waals surface area contributed by atoms with E-state index in [9.17, 15) is 9.59 Å².